The number of amides is 1. The van der Waals surface area contributed by atoms with Gasteiger partial charge < -0.3 is 15.0 Å². The number of nitrogens with one attached hydrogen (secondary N) is 1. The molecular weight excluding hydrogens is 436 g/mol. The van der Waals surface area contributed by atoms with Gasteiger partial charge in [0.2, 0.25) is 0 Å². The monoisotopic (exact) mass is 468 g/mol. The van der Waals surface area contributed by atoms with Crippen LogP contribution in [0.2, 0.25) is 0 Å². The maximum absolute atomic E-state index is 12.6. The highest BCUT2D eigenvalue weighted by atomic mass is 32.2. The molecule has 1 saturated heterocycles. The van der Waals surface area contributed by atoms with Crippen molar-refractivity contribution >= 4 is 34.5 Å². The second kappa shape index (κ2) is 11.4. The molecule has 0 aliphatic carbocycles. The first kappa shape index (κ1) is 23.4. The third-order valence-electron chi connectivity index (χ3n) is 5.63. The number of carbonyl (C=O) groups is 1. The van der Waals surface area contributed by atoms with Crippen LogP contribution in [-0.4, -0.2) is 57.6 Å². The topological polar surface area (TPSA) is 85.2 Å². The summed E-state index contributed by atoms with van der Waals surface area (Å²) in [6.45, 7) is 7.97. The average Bonchev–Trinajstić information content (AvgIpc) is 3.50. The van der Waals surface area contributed by atoms with Crippen LogP contribution in [0.4, 0.5) is 5.82 Å². The fourth-order valence-electron chi connectivity index (χ4n) is 3.86. The third-order valence-corrected chi connectivity index (χ3v) is 6.36. The van der Waals surface area contributed by atoms with E-state index in [0.717, 1.165) is 59.4 Å². The summed E-state index contributed by atoms with van der Waals surface area (Å²) in [7, 11) is 0. The second-order valence-electron chi connectivity index (χ2n) is 8.04. The van der Waals surface area contributed by atoms with E-state index in [0.29, 0.717) is 25.3 Å². The first-order valence-corrected chi connectivity index (χ1v) is 12.8. The quantitative estimate of drug-likeness (QED) is 0.257. The van der Waals surface area contributed by atoms with E-state index >= 15 is 0 Å². The number of benzene rings is 1. The standard InChI is InChI=1S/C24H32N6O2S/c1-3-5-16-32-19-10-8-18(9-11-19)23(31)25-12-15-30-22-20(17-26-30)21(29-13-6-7-14-29)27-24(28-22)33-4-2/h8-11,17H,3-7,12-16H2,1-2H3,(H,25,31). The predicted octanol–water partition coefficient (Wildman–Crippen LogP) is 4.15. The van der Waals surface area contributed by atoms with E-state index in [-0.39, 0.29) is 5.91 Å². The van der Waals surface area contributed by atoms with Crippen molar-refractivity contribution in [2.24, 2.45) is 0 Å². The highest BCUT2D eigenvalue weighted by Gasteiger charge is 2.20. The Morgan fingerprint density at radius 1 is 1.15 bits per heavy atom. The first-order valence-electron chi connectivity index (χ1n) is 11.8. The lowest BCUT2D eigenvalue weighted by Crippen LogP contribution is -2.27. The van der Waals surface area contributed by atoms with Crippen molar-refractivity contribution in [3.63, 3.8) is 0 Å². The number of hydrogen-bond donors (Lipinski definition) is 1. The summed E-state index contributed by atoms with van der Waals surface area (Å²) >= 11 is 1.64. The molecule has 1 aliphatic rings. The molecule has 0 bridgehead atoms. The molecule has 0 unspecified atom stereocenters. The zero-order valence-corrected chi connectivity index (χ0v) is 20.2. The van der Waals surface area contributed by atoms with E-state index in [2.05, 4.69) is 29.2 Å². The molecule has 0 radical (unpaired) electrons. The molecule has 33 heavy (non-hydrogen) atoms. The van der Waals surface area contributed by atoms with E-state index < -0.39 is 0 Å². The fourth-order valence-corrected chi connectivity index (χ4v) is 4.42. The number of rotatable bonds is 11. The number of unbranched alkanes of at least 4 members (excludes halogenated alkanes) is 1. The van der Waals surface area contributed by atoms with Gasteiger partial charge in [-0.3, -0.25) is 4.79 Å². The molecule has 1 amide bonds. The molecule has 4 rings (SSSR count). The van der Waals surface area contributed by atoms with Crippen molar-refractivity contribution in [3.05, 3.63) is 36.0 Å². The number of fused-ring (bicyclic) bond motifs is 1. The molecule has 0 spiro atoms. The van der Waals surface area contributed by atoms with Gasteiger partial charge in [0, 0.05) is 25.2 Å². The number of anilines is 1. The highest BCUT2D eigenvalue weighted by Crippen LogP contribution is 2.29. The van der Waals surface area contributed by atoms with Gasteiger partial charge in [-0.05, 0) is 49.3 Å². The van der Waals surface area contributed by atoms with Gasteiger partial charge in [0.15, 0.2) is 10.8 Å². The minimum atomic E-state index is -0.110. The van der Waals surface area contributed by atoms with Crippen molar-refractivity contribution in [1.29, 1.82) is 0 Å². The maximum Gasteiger partial charge on any atom is 0.251 e. The second-order valence-corrected chi connectivity index (χ2v) is 9.28. The normalized spacial score (nSPS) is 13.6. The number of thioether (sulfide) groups is 1. The van der Waals surface area contributed by atoms with Crippen LogP contribution in [0.3, 0.4) is 0 Å². The number of aromatic nitrogens is 4. The van der Waals surface area contributed by atoms with E-state index in [1.807, 2.05) is 23.0 Å². The summed E-state index contributed by atoms with van der Waals surface area (Å²) in [5.41, 5.74) is 1.44. The Labute approximate surface area is 199 Å². The molecule has 3 heterocycles. The van der Waals surface area contributed by atoms with Crippen molar-refractivity contribution in [2.75, 3.05) is 36.9 Å². The molecule has 8 nitrogen and oxygen atoms in total. The van der Waals surface area contributed by atoms with Gasteiger partial charge in [-0.2, -0.15) is 5.10 Å². The molecule has 0 atom stereocenters. The summed E-state index contributed by atoms with van der Waals surface area (Å²) in [4.78, 5) is 24.4. The molecular formula is C24H32N6O2S. The zero-order valence-electron chi connectivity index (χ0n) is 19.4. The fraction of sp³-hybridized carbons (Fsp3) is 0.500. The molecule has 176 valence electrons. The predicted molar refractivity (Wildman–Crippen MR) is 132 cm³/mol. The van der Waals surface area contributed by atoms with Crippen molar-refractivity contribution in [3.8, 4) is 5.75 Å². The van der Waals surface area contributed by atoms with Gasteiger partial charge in [0.05, 0.1) is 24.7 Å². The van der Waals surface area contributed by atoms with E-state index in [1.165, 1.54) is 12.8 Å². The molecule has 1 aromatic carbocycles. The van der Waals surface area contributed by atoms with Crippen molar-refractivity contribution in [2.45, 2.75) is 51.2 Å². The van der Waals surface area contributed by atoms with Crippen LogP contribution in [-0.2, 0) is 6.54 Å². The summed E-state index contributed by atoms with van der Waals surface area (Å²) in [6, 6.07) is 7.28. The van der Waals surface area contributed by atoms with Crippen LogP contribution >= 0.6 is 11.8 Å². The van der Waals surface area contributed by atoms with Crippen LogP contribution in [0.5, 0.6) is 5.75 Å². The minimum absolute atomic E-state index is 0.110. The molecule has 9 heteroatoms. The van der Waals surface area contributed by atoms with E-state index in [4.69, 9.17) is 14.7 Å². The van der Waals surface area contributed by atoms with Crippen LogP contribution in [0.1, 0.15) is 49.9 Å². The van der Waals surface area contributed by atoms with E-state index in [9.17, 15) is 4.79 Å². The van der Waals surface area contributed by atoms with Crippen LogP contribution < -0.4 is 15.0 Å². The van der Waals surface area contributed by atoms with Gasteiger partial charge >= 0.3 is 0 Å². The summed E-state index contributed by atoms with van der Waals surface area (Å²) in [6.07, 6.45) is 6.34. The lowest BCUT2D eigenvalue weighted by atomic mass is 10.2. The average molecular weight is 469 g/mol. The molecule has 3 aromatic rings. The first-order chi connectivity index (χ1) is 16.2. The third kappa shape index (κ3) is 5.76. The number of ether oxygens (including phenoxy) is 1. The molecule has 1 aliphatic heterocycles. The largest absolute Gasteiger partial charge is 0.494 e. The lowest BCUT2D eigenvalue weighted by Gasteiger charge is -2.17. The summed E-state index contributed by atoms with van der Waals surface area (Å²) < 4.78 is 7.53. The Kier molecular flexibility index (Phi) is 8.04. The summed E-state index contributed by atoms with van der Waals surface area (Å²) in [5, 5.41) is 9.29. The Bertz CT molecular complexity index is 1060. The molecule has 1 fully saturated rings. The van der Waals surface area contributed by atoms with Crippen LogP contribution in [0.15, 0.2) is 35.6 Å². The number of nitrogens with zero attached hydrogens (tertiary/aromatic N) is 5. The lowest BCUT2D eigenvalue weighted by molar-refractivity contribution is 0.0952. The molecule has 2 aromatic heterocycles. The van der Waals surface area contributed by atoms with Gasteiger partial charge in [-0.15, -0.1) is 0 Å². The number of carbonyl (C=O) groups excluding carboxylic acids is 1. The van der Waals surface area contributed by atoms with Gasteiger partial charge in [-0.25, -0.2) is 14.6 Å². The van der Waals surface area contributed by atoms with Crippen molar-refractivity contribution in [1.82, 2.24) is 25.1 Å². The maximum atomic E-state index is 12.6. The van der Waals surface area contributed by atoms with Gasteiger partial charge in [-0.1, -0.05) is 32.0 Å². The zero-order chi connectivity index (χ0) is 23.0. The molecule has 0 saturated carbocycles. The Morgan fingerprint density at radius 2 is 1.94 bits per heavy atom. The Balaban J connectivity index is 1.40. The number of hydrogen-bond acceptors (Lipinski definition) is 7. The van der Waals surface area contributed by atoms with Crippen LogP contribution in [0.25, 0.3) is 11.0 Å². The SMILES string of the molecule is CCCCOc1ccc(C(=O)NCCn2ncc3c(N4CCCC4)nc(SCC)nc32)cc1. The Hall–Kier alpha value is -2.81. The highest BCUT2D eigenvalue weighted by molar-refractivity contribution is 7.99. The minimum Gasteiger partial charge on any atom is -0.494 e. The van der Waals surface area contributed by atoms with E-state index in [1.54, 1.807) is 23.9 Å². The van der Waals surface area contributed by atoms with Gasteiger partial charge in [0.25, 0.3) is 5.91 Å². The summed E-state index contributed by atoms with van der Waals surface area (Å²) in [5.74, 6) is 2.57. The smallest absolute Gasteiger partial charge is 0.251 e. The van der Waals surface area contributed by atoms with Crippen LogP contribution in [0, 0.1) is 0 Å². The van der Waals surface area contributed by atoms with Gasteiger partial charge in [0.1, 0.15) is 11.6 Å². The molecule has 1 N–H and O–H groups in total. The Morgan fingerprint density at radius 3 is 2.67 bits per heavy atom. The van der Waals surface area contributed by atoms with Crippen molar-refractivity contribution < 1.29 is 9.53 Å².